The van der Waals surface area contributed by atoms with Crippen LogP contribution >= 0.6 is 0 Å². The fraction of sp³-hybridized carbons (Fsp3) is 0.467. The van der Waals surface area contributed by atoms with Crippen molar-refractivity contribution in [3.05, 3.63) is 24.5 Å². The maximum absolute atomic E-state index is 5.78. The van der Waals surface area contributed by atoms with Gasteiger partial charge in [0.15, 0.2) is 0 Å². The van der Waals surface area contributed by atoms with E-state index in [0.717, 1.165) is 36.3 Å². The third-order valence-electron chi connectivity index (χ3n) is 3.38. The first-order valence-corrected chi connectivity index (χ1v) is 6.75. The van der Waals surface area contributed by atoms with Crippen LogP contribution in [0.2, 0.25) is 0 Å². The van der Waals surface area contributed by atoms with Crippen LogP contribution in [0.3, 0.4) is 0 Å². The van der Waals surface area contributed by atoms with Crippen molar-refractivity contribution in [2.75, 3.05) is 31.3 Å². The van der Waals surface area contributed by atoms with Crippen LogP contribution in [0.4, 0.5) is 11.5 Å². The highest BCUT2D eigenvalue weighted by molar-refractivity contribution is 5.90. The van der Waals surface area contributed by atoms with Crippen LogP contribution in [0.5, 0.6) is 0 Å². The van der Waals surface area contributed by atoms with Gasteiger partial charge in [-0.2, -0.15) is 0 Å². The summed E-state index contributed by atoms with van der Waals surface area (Å²) in [5.74, 6) is 0.848. The molecule has 2 rings (SSSR count). The highest BCUT2D eigenvalue weighted by atomic mass is 16.5. The molecule has 2 aromatic rings. The third kappa shape index (κ3) is 3.57. The van der Waals surface area contributed by atoms with Crippen molar-refractivity contribution in [3.8, 4) is 0 Å². The van der Waals surface area contributed by atoms with E-state index in [1.54, 1.807) is 13.4 Å². The van der Waals surface area contributed by atoms with Gasteiger partial charge in [-0.15, -0.1) is 0 Å². The Kier molecular flexibility index (Phi) is 4.39. The number of fused-ring (bicyclic) bond motifs is 1. The monoisotopic (exact) mass is 274 g/mol. The number of nitrogen functional groups attached to an aromatic ring is 1. The largest absolute Gasteiger partial charge is 0.399 e. The molecule has 5 nitrogen and oxygen atoms in total. The number of anilines is 2. The topological polar surface area (TPSA) is 73.1 Å². The molecule has 0 aliphatic carbocycles. The summed E-state index contributed by atoms with van der Waals surface area (Å²) in [5.41, 5.74) is 7.49. The molecule has 0 saturated carbocycles. The molecule has 0 aliphatic rings. The fourth-order valence-electron chi connectivity index (χ4n) is 2.00. The van der Waals surface area contributed by atoms with Gasteiger partial charge in [0.25, 0.3) is 0 Å². The minimum Gasteiger partial charge on any atom is -0.399 e. The summed E-state index contributed by atoms with van der Waals surface area (Å²) in [7, 11) is 1.73. The number of methoxy groups -OCH3 is 1. The molecule has 1 aromatic carbocycles. The molecule has 1 heterocycles. The Labute approximate surface area is 119 Å². The van der Waals surface area contributed by atoms with Gasteiger partial charge in [-0.05, 0) is 30.0 Å². The molecule has 0 saturated heterocycles. The van der Waals surface area contributed by atoms with Crippen molar-refractivity contribution in [2.45, 2.75) is 20.3 Å². The minimum atomic E-state index is 0.140. The van der Waals surface area contributed by atoms with Gasteiger partial charge in [0.1, 0.15) is 12.1 Å². The number of nitrogens with zero attached hydrogens (tertiary/aromatic N) is 2. The molecule has 0 spiro atoms. The number of nitrogens with two attached hydrogens (primary N) is 1. The number of ether oxygens (including phenoxy) is 1. The van der Waals surface area contributed by atoms with Gasteiger partial charge in [0.2, 0.25) is 0 Å². The molecular formula is C15H22N4O. The Balaban J connectivity index is 2.14. The number of nitrogens with one attached hydrogen (secondary N) is 1. The van der Waals surface area contributed by atoms with Gasteiger partial charge in [-0.25, -0.2) is 9.97 Å². The number of hydrogen-bond donors (Lipinski definition) is 2. The van der Waals surface area contributed by atoms with E-state index >= 15 is 0 Å². The van der Waals surface area contributed by atoms with Crippen LogP contribution in [-0.4, -0.2) is 30.2 Å². The summed E-state index contributed by atoms with van der Waals surface area (Å²) in [6.07, 6.45) is 2.55. The second-order valence-corrected chi connectivity index (χ2v) is 5.76. The molecule has 3 N–H and O–H groups in total. The van der Waals surface area contributed by atoms with Gasteiger partial charge in [0, 0.05) is 31.3 Å². The molecule has 0 bridgehead atoms. The molecule has 0 aliphatic heterocycles. The molecular weight excluding hydrogens is 252 g/mol. The first-order valence-electron chi connectivity index (χ1n) is 6.75. The van der Waals surface area contributed by atoms with E-state index in [2.05, 4.69) is 29.1 Å². The quantitative estimate of drug-likeness (QED) is 0.792. The van der Waals surface area contributed by atoms with E-state index in [1.807, 2.05) is 18.2 Å². The fourth-order valence-corrected chi connectivity index (χ4v) is 2.00. The lowest BCUT2D eigenvalue weighted by atomic mass is 9.90. The second kappa shape index (κ2) is 6.05. The average molecular weight is 274 g/mol. The van der Waals surface area contributed by atoms with E-state index in [0.29, 0.717) is 5.69 Å². The number of aromatic nitrogens is 2. The Morgan fingerprint density at radius 1 is 1.30 bits per heavy atom. The number of rotatable bonds is 6. The van der Waals surface area contributed by atoms with Crippen molar-refractivity contribution < 1.29 is 4.74 Å². The lowest BCUT2D eigenvalue weighted by molar-refractivity contribution is 0.157. The van der Waals surface area contributed by atoms with Crippen LogP contribution in [0, 0.1) is 5.41 Å². The first-order chi connectivity index (χ1) is 9.52. The van der Waals surface area contributed by atoms with E-state index in [4.69, 9.17) is 10.5 Å². The zero-order valence-electron chi connectivity index (χ0n) is 12.3. The van der Waals surface area contributed by atoms with Crippen molar-refractivity contribution in [2.24, 2.45) is 5.41 Å². The van der Waals surface area contributed by atoms with Crippen LogP contribution in [0.15, 0.2) is 24.5 Å². The van der Waals surface area contributed by atoms with Crippen LogP contribution in [0.25, 0.3) is 10.9 Å². The van der Waals surface area contributed by atoms with Crippen molar-refractivity contribution in [1.29, 1.82) is 0 Å². The van der Waals surface area contributed by atoms with Crippen LogP contribution in [0.1, 0.15) is 20.3 Å². The summed E-state index contributed by atoms with van der Waals surface area (Å²) < 4.78 is 5.15. The highest BCUT2D eigenvalue weighted by Crippen LogP contribution is 2.24. The van der Waals surface area contributed by atoms with Gasteiger partial charge < -0.3 is 15.8 Å². The summed E-state index contributed by atoms with van der Waals surface area (Å²) in [6.45, 7) is 6.00. The average Bonchev–Trinajstić information content (AvgIpc) is 2.42. The van der Waals surface area contributed by atoms with Crippen LogP contribution in [-0.2, 0) is 4.74 Å². The predicted octanol–water partition coefficient (Wildman–Crippen LogP) is 2.69. The second-order valence-electron chi connectivity index (χ2n) is 5.76. The maximum Gasteiger partial charge on any atom is 0.137 e. The summed E-state index contributed by atoms with van der Waals surface area (Å²) in [4.78, 5) is 8.57. The lowest BCUT2D eigenvalue weighted by Gasteiger charge is -2.25. The SMILES string of the molecule is COCCC(C)(C)CNc1ncnc2cc(N)ccc12. The van der Waals surface area contributed by atoms with Gasteiger partial charge >= 0.3 is 0 Å². The molecule has 0 amide bonds. The van der Waals surface area contributed by atoms with Gasteiger partial charge in [-0.1, -0.05) is 13.8 Å². The molecule has 20 heavy (non-hydrogen) atoms. The summed E-state index contributed by atoms with van der Waals surface area (Å²) in [6, 6.07) is 5.68. The third-order valence-corrected chi connectivity index (χ3v) is 3.38. The number of benzene rings is 1. The minimum absolute atomic E-state index is 0.140. The van der Waals surface area contributed by atoms with Gasteiger partial charge in [-0.3, -0.25) is 0 Å². The van der Waals surface area contributed by atoms with E-state index in [9.17, 15) is 0 Å². The Morgan fingerprint density at radius 3 is 2.85 bits per heavy atom. The van der Waals surface area contributed by atoms with Crippen molar-refractivity contribution >= 4 is 22.4 Å². The molecule has 0 radical (unpaired) electrons. The molecule has 108 valence electrons. The van der Waals surface area contributed by atoms with Crippen molar-refractivity contribution in [1.82, 2.24) is 9.97 Å². The van der Waals surface area contributed by atoms with Crippen molar-refractivity contribution in [3.63, 3.8) is 0 Å². The Hall–Kier alpha value is -1.88. The zero-order chi connectivity index (χ0) is 14.6. The summed E-state index contributed by atoms with van der Waals surface area (Å²) in [5, 5.41) is 4.40. The van der Waals surface area contributed by atoms with E-state index in [-0.39, 0.29) is 5.41 Å². The smallest absolute Gasteiger partial charge is 0.137 e. The summed E-state index contributed by atoms with van der Waals surface area (Å²) >= 11 is 0. The predicted molar refractivity (Wildman–Crippen MR) is 82.7 cm³/mol. The molecule has 0 fully saturated rings. The normalized spacial score (nSPS) is 11.8. The van der Waals surface area contributed by atoms with Crippen LogP contribution < -0.4 is 11.1 Å². The number of hydrogen-bond acceptors (Lipinski definition) is 5. The molecule has 0 atom stereocenters. The Morgan fingerprint density at radius 2 is 2.10 bits per heavy atom. The Bertz CT molecular complexity index is 583. The van der Waals surface area contributed by atoms with Gasteiger partial charge in [0.05, 0.1) is 5.52 Å². The molecule has 0 unspecified atom stereocenters. The molecule has 1 aromatic heterocycles. The maximum atomic E-state index is 5.78. The first kappa shape index (κ1) is 14.5. The lowest BCUT2D eigenvalue weighted by Crippen LogP contribution is -2.25. The molecule has 5 heteroatoms. The van der Waals surface area contributed by atoms with E-state index < -0.39 is 0 Å². The highest BCUT2D eigenvalue weighted by Gasteiger charge is 2.18. The zero-order valence-corrected chi connectivity index (χ0v) is 12.3. The standard InChI is InChI=1S/C15H22N4O/c1-15(2,6-7-20-3)9-17-14-12-5-4-11(16)8-13(12)18-10-19-14/h4-5,8,10H,6-7,9,16H2,1-3H3,(H,17,18,19). The van der Waals surface area contributed by atoms with E-state index in [1.165, 1.54) is 0 Å².